The second-order valence-corrected chi connectivity index (χ2v) is 5.95. The smallest absolute Gasteiger partial charge is 0.197 e. The first-order chi connectivity index (χ1) is 11.1. The number of unbranched alkanes of at least 4 members (excludes halogenated alkanes) is 1. The molecule has 23 heavy (non-hydrogen) atoms. The van der Waals surface area contributed by atoms with E-state index in [1.807, 2.05) is 43.3 Å². The van der Waals surface area contributed by atoms with Crippen LogP contribution in [0.3, 0.4) is 0 Å². The average Bonchev–Trinajstić information content (AvgIpc) is 2.90. The fourth-order valence-corrected chi connectivity index (χ4v) is 2.78. The van der Waals surface area contributed by atoms with Crippen molar-refractivity contribution >= 4 is 22.4 Å². The zero-order chi connectivity index (χ0) is 16.4. The van der Waals surface area contributed by atoms with Gasteiger partial charge in [-0.1, -0.05) is 43.2 Å². The van der Waals surface area contributed by atoms with E-state index in [1.165, 1.54) is 0 Å². The molecule has 0 fully saturated rings. The molecular weight excluding hydrogens is 286 g/mol. The van der Waals surface area contributed by atoms with Crippen molar-refractivity contribution in [3.05, 3.63) is 64.9 Å². The zero-order valence-electron chi connectivity index (χ0n) is 13.6. The van der Waals surface area contributed by atoms with E-state index in [2.05, 4.69) is 6.92 Å². The maximum absolute atomic E-state index is 13.0. The number of hydrogen-bond acceptors (Lipinski definition) is 3. The minimum atomic E-state index is 0.000420. The van der Waals surface area contributed by atoms with Gasteiger partial charge in [0.15, 0.2) is 5.78 Å². The van der Waals surface area contributed by atoms with E-state index in [9.17, 15) is 4.79 Å². The monoisotopic (exact) mass is 307 g/mol. The molecule has 0 aliphatic rings. The van der Waals surface area contributed by atoms with Crippen molar-refractivity contribution in [1.29, 1.82) is 0 Å². The van der Waals surface area contributed by atoms with Crippen LogP contribution in [0.5, 0.6) is 0 Å². The Kier molecular flexibility index (Phi) is 4.20. The second kappa shape index (κ2) is 6.29. The SMILES string of the molecule is CCCCc1oc2ccc(N)cc2c1C(=O)c1ccc(C)cc1. The van der Waals surface area contributed by atoms with Crippen LogP contribution in [0.2, 0.25) is 0 Å². The maximum Gasteiger partial charge on any atom is 0.197 e. The highest BCUT2D eigenvalue weighted by Gasteiger charge is 2.21. The number of carbonyl (C=O) groups is 1. The number of hydrogen-bond donors (Lipinski definition) is 1. The lowest BCUT2D eigenvalue weighted by molar-refractivity contribution is 0.103. The predicted molar refractivity (Wildman–Crippen MR) is 93.8 cm³/mol. The Morgan fingerprint density at radius 2 is 1.87 bits per heavy atom. The van der Waals surface area contributed by atoms with Gasteiger partial charge in [0.2, 0.25) is 0 Å². The summed E-state index contributed by atoms with van der Waals surface area (Å²) in [5, 5.41) is 0.807. The number of anilines is 1. The molecule has 0 unspecified atom stereocenters. The summed E-state index contributed by atoms with van der Waals surface area (Å²) in [5.41, 5.74) is 9.74. The maximum atomic E-state index is 13.0. The van der Waals surface area contributed by atoms with Gasteiger partial charge in [-0.3, -0.25) is 4.79 Å². The molecular formula is C20H21NO2. The number of rotatable bonds is 5. The van der Waals surface area contributed by atoms with Crippen molar-refractivity contribution in [2.24, 2.45) is 0 Å². The molecule has 2 aromatic carbocycles. The van der Waals surface area contributed by atoms with E-state index in [1.54, 1.807) is 6.07 Å². The van der Waals surface area contributed by atoms with Gasteiger partial charge in [-0.15, -0.1) is 0 Å². The van der Waals surface area contributed by atoms with Gasteiger partial charge in [0.05, 0.1) is 5.56 Å². The van der Waals surface area contributed by atoms with Gasteiger partial charge in [0, 0.05) is 23.1 Å². The average molecular weight is 307 g/mol. The van der Waals surface area contributed by atoms with E-state index in [4.69, 9.17) is 10.2 Å². The van der Waals surface area contributed by atoms with Crippen LogP contribution < -0.4 is 5.73 Å². The Morgan fingerprint density at radius 1 is 1.13 bits per heavy atom. The molecule has 0 amide bonds. The third-order valence-corrected chi connectivity index (χ3v) is 4.08. The Balaban J connectivity index is 2.14. The molecule has 1 aromatic heterocycles. The van der Waals surface area contributed by atoms with Crippen LogP contribution >= 0.6 is 0 Å². The Morgan fingerprint density at radius 3 is 2.57 bits per heavy atom. The van der Waals surface area contributed by atoms with Gasteiger partial charge < -0.3 is 10.2 Å². The normalized spacial score (nSPS) is 11.0. The Hall–Kier alpha value is -2.55. The molecule has 1 heterocycles. The van der Waals surface area contributed by atoms with Crippen LogP contribution in [0.4, 0.5) is 5.69 Å². The van der Waals surface area contributed by atoms with Crippen LogP contribution in [0.1, 0.15) is 47.0 Å². The van der Waals surface area contributed by atoms with Crippen molar-refractivity contribution in [1.82, 2.24) is 0 Å². The Bertz CT molecular complexity index is 844. The van der Waals surface area contributed by atoms with Gasteiger partial charge in [-0.05, 0) is 31.5 Å². The zero-order valence-corrected chi connectivity index (χ0v) is 13.6. The summed E-state index contributed by atoms with van der Waals surface area (Å²) in [5.74, 6) is 0.762. The third-order valence-electron chi connectivity index (χ3n) is 4.08. The standard InChI is InChI=1S/C20H21NO2/c1-3-4-5-18-19(16-12-15(21)10-11-17(16)23-18)20(22)14-8-6-13(2)7-9-14/h6-12H,3-5,21H2,1-2H3. The summed E-state index contributed by atoms with van der Waals surface area (Å²) in [7, 11) is 0. The molecule has 3 aromatic rings. The number of nitrogens with two attached hydrogens (primary N) is 1. The first-order valence-corrected chi connectivity index (χ1v) is 8.02. The lowest BCUT2D eigenvalue weighted by Gasteiger charge is -2.04. The summed E-state index contributed by atoms with van der Waals surface area (Å²) in [6.07, 6.45) is 2.80. The van der Waals surface area contributed by atoms with E-state index < -0.39 is 0 Å². The van der Waals surface area contributed by atoms with E-state index in [-0.39, 0.29) is 5.78 Å². The quantitative estimate of drug-likeness (QED) is 0.539. The molecule has 0 spiro atoms. The van der Waals surface area contributed by atoms with Crippen molar-refractivity contribution in [2.45, 2.75) is 33.1 Å². The third kappa shape index (κ3) is 3.00. The van der Waals surface area contributed by atoms with Crippen LogP contribution in [0.15, 0.2) is 46.9 Å². The van der Waals surface area contributed by atoms with E-state index in [0.717, 1.165) is 41.6 Å². The van der Waals surface area contributed by atoms with Crippen LogP contribution in [0, 0.1) is 6.92 Å². The van der Waals surface area contributed by atoms with Crippen molar-refractivity contribution in [2.75, 3.05) is 5.73 Å². The molecule has 118 valence electrons. The molecule has 3 rings (SSSR count). The first-order valence-electron chi connectivity index (χ1n) is 8.02. The number of nitrogen functional groups attached to an aromatic ring is 1. The molecule has 3 heteroatoms. The lowest BCUT2D eigenvalue weighted by atomic mass is 9.97. The second-order valence-electron chi connectivity index (χ2n) is 5.95. The predicted octanol–water partition coefficient (Wildman–Crippen LogP) is 4.90. The van der Waals surface area contributed by atoms with Crippen molar-refractivity contribution < 1.29 is 9.21 Å². The number of benzene rings is 2. The van der Waals surface area contributed by atoms with Gasteiger partial charge in [0.25, 0.3) is 0 Å². The van der Waals surface area contributed by atoms with Gasteiger partial charge in [-0.25, -0.2) is 0 Å². The summed E-state index contributed by atoms with van der Waals surface area (Å²) in [6.45, 7) is 4.14. The molecule has 3 nitrogen and oxygen atoms in total. The molecule has 0 atom stereocenters. The van der Waals surface area contributed by atoms with E-state index in [0.29, 0.717) is 16.8 Å². The van der Waals surface area contributed by atoms with Gasteiger partial charge >= 0.3 is 0 Å². The highest BCUT2D eigenvalue weighted by molar-refractivity contribution is 6.17. The fraction of sp³-hybridized carbons (Fsp3) is 0.250. The summed E-state index contributed by atoms with van der Waals surface area (Å²) >= 11 is 0. The van der Waals surface area contributed by atoms with Gasteiger partial charge in [-0.2, -0.15) is 0 Å². The molecule has 2 N–H and O–H groups in total. The number of fused-ring (bicyclic) bond motifs is 1. The summed E-state index contributed by atoms with van der Waals surface area (Å²) in [6, 6.07) is 13.1. The number of aryl methyl sites for hydroxylation is 2. The highest BCUT2D eigenvalue weighted by atomic mass is 16.3. The van der Waals surface area contributed by atoms with E-state index >= 15 is 0 Å². The van der Waals surface area contributed by atoms with Crippen LogP contribution in [-0.2, 0) is 6.42 Å². The largest absolute Gasteiger partial charge is 0.460 e. The molecule has 0 bridgehead atoms. The number of furan rings is 1. The fourth-order valence-electron chi connectivity index (χ4n) is 2.78. The minimum absolute atomic E-state index is 0.000420. The lowest BCUT2D eigenvalue weighted by Crippen LogP contribution is -2.04. The molecule has 0 aliphatic carbocycles. The minimum Gasteiger partial charge on any atom is -0.460 e. The Labute approximate surface area is 136 Å². The molecule has 0 saturated carbocycles. The first kappa shape index (κ1) is 15.3. The molecule has 0 aliphatic heterocycles. The van der Waals surface area contributed by atoms with Crippen molar-refractivity contribution in [3.63, 3.8) is 0 Å². The summed E-state index contributed by atoms with van der Waals surface area (Å²) < 4.78 is 5.95. The molecule has 0 saturated heterocycles. The number of carbonyl (C=O) groups excluding carboxylic acids is 1. The topological polar surface area (TPSA) is 56.2 Å². The van der Waals surface area contributed by atoms with Gasteiger partial charge in [0.1, 0.15) is 11.3 Å². The van der Waals surface area contributed by atoms with Crippen LogP contribution in [-0.4, -0.2) is 5.78 Å². The number of ketones is 1. The molecule has 0 radical (unpaired) electrons. The summed E-state index contributed by atoms with van der Waals surface area (Å²) in [4.78, 5) is 13.0. The van der Waals surface area contributed by atoms with Crippen LogP contribution in [0.25, 0.3) is 11.0 Å². The highest BCUT2D eigenvalue weighted by Crippen LogP contribution is 2.31. The van der Waals surface area contributed by atoms with Crippen molar-refractivity contribution in [3.8, 4) is 0 Å².